The number of rotatable bonds is 4. The molecule has 0 aliphatic rings. The van der Waals surface area contributed by atoms with Crippen molar-refractivity contribution in [2.75, 3.05) is 0 Å². The molecule has 29 heavy (non-hydrogen) atoms. The first kappa shape index (κ1) is 17.9. The summed E-state index contributed by atoms with van der Waals surface area (Å²) in [6.45, 7) is 0. The third-order valence-corrected chi connectivity index (χ3v) is 5.50. The smallest absolute Gasteiger partial charge is 0.167 e. The Balaban J connectivity index is 1.47. The number of Topliss-reactive ketones (excluding diaryl/α,β-unsaturated/α-hetero) is 1. The molecule has 0 saturated carbocycles. The van der Waals surface area contributed by atoms with Gasteiger partial charge in [-0.1, -0.05) is 35.3 Å². The van der Waals surface area contributed by atoms with E-state index in [1.165, 1.54) is 0 Å². The van der Waals surface area contributed by atoms with Crippen molar-refractivity contribution in [2.24, 2.45) is 0 Å². The number of hydrogen-bond donors (Lipinski definition) is 2. The van der Waals surface area contributed by atoms with Crippen molar-refractivity contribution in [2.45, 2.75) is 6.42 Å². The number of nitrogens with zero attached hydrogens (tertiary/aromatic N) is 2. The van der Waals surface area contributed by atoms with E-state index in [1.54, 1.807) is 30.5 Å². The normalized spacial score (nSPS) is 11.4. The van der Waals surface area contributed by atoms with Crippen LogP contribution in [0.25, 0.3) is 33.3 Å². The minimum atomic E-state index is 0.0293. The number of halogens is 2. The summed E-state index contributed by atoms with van der Waals surface area (Å²) in [4.78, 5) is 20.6. The number of ketones is 1. The van der Waals surface area contributed by atoms with Crippen molar-refractivity contribution >= 4 is 50.9 Å². The molecule has 2 heterocycles. The van der Waals surface area contributed by atoms with Gasteiger partial charge in [-0.15, -0.1) is 0 Å². The molecular formula is C22H14Cl2N4O. The van der Waals surface area contributed by atoms with E-state index >= 15 is 0 Å². The molecule has 0 saturated heterocycles. The Bertz CT molecular complexity index is 1370. The van der Waals surface area contributed by atoms with Gasteiger partial charge >= 0.3 is 0 Å². The number of carbonyl (C=O) groups is 1. The molecule has 0 aliphatic heterocycles. The van der Waals surface area contributed by atoms with Gasteiger partial charge in [-0.2, -0.15) is 5.10 Å². The lowest BCUT2D eigenvalue weighted by Gasteiger charge is -2.03. The van der Waals surface area contributed by atoms with E-state index in [4.69, 9.17) is 23.2 Å². The zero-order valence-electron chi connectivity index (χ0n) is 15.0. The summed E-state index contributed by atoms with van der Waals surface area (Å²) in [5.74, 6) is 0.604. The number of H-pyrrole nitrogens is 2. The molecule has 0 radical (unpaired) electrons. The number of nitrogens with one attached hydrogen (secondary N) is 2. The molecule has 5 nitrogen and oxygen atoms in total. The first-order valence-corrected chi connectivity index (χ1v) is 9.73. The zero-order valence-corrected chi connectivity index (χ0v) is 16.6. The fraction of sp³-hybridized carbons (Fsp3) is 0.0455. The number of carbonyl (C=O) groups excluding carboxylic acids is 1. The third kappa shape index (κ3) is 3.28. The van der Waals surface area contributed by atoms with Crippen LogP contribution in [-0.4, -0.2) is 25.9 Å². The van der Waals surface area contributed by atoms with Crippen LogP contribution in [0.4, 0.5) is 0 Å². The molecule has 0 spiro atoms. The average Bonchev–Trinajstić information content (AvgIpc) is 3.33. The second-order valence-electron chi connectivity index (χ2n) is 6.81. The van der Waals surface area contributed by atoms with Gasteiger partial charge in [0, 0.05) is 17.4 Å². The minimum absolute atomic E-state index is 0.0293. The van der Waals surface area contributed by atoms with Gasteiger partial charge in [-0.25, -0.2) is 4.98 Å². The van der Waals surface area contributed by atoms with Crippen LogP contribution in [0.15, 0.2) is 60.8 Å². The molecule has 142 valence electrons. The molecule has 5 rings (SSSR count). The van der Waals surface area contributed by atoms with Crippen molar-refractivity contribution in [3.05, 3.63) is 82.0 Å². The summed E-state index contributed by atoms with van der Waals surface area (Å²) in [6, 6.07) is 16.6. The second-order valence-corrected chi connectivity index (χ2v) is 7.62. The van der Waals surface area contributed by atoms with Crippen molar-refractivity contribution in [3.8, 4) is 11.4 Å². The number of hydrogen-bond acceptors (Lipinski definition) is 3. The Kier molecular flexibility index (Phi) is 4.34. The maximum Gasteiger partial charge on any atom is 0.167 e. The van der Waals surface area contributed by atoms with Crippen LogP contribution in [0.2, 0.25) is 10.0 Å². The number of imidazole rings is 1. The fourth-order valence-electron chi connectivity index (χ4n) is 3.42. The number of aromatic nitrogens is 4. The van der Waals surface area contributed by atoms with E-state index in [0.29, 0.717) is 33.4 Å². The summed E-state index contributed by atoms with van der Waals surface area (Å²) in [5, 5.41) is 8.94. The summed E-state index contributed by atoms with van der Waals surface area (Å²) < 4.78 is 0. The van der Waals surface area contributed by atoms with Gasteiger partial charge in [-0.3, -0.25) is 9.89 Å². The first-order valence-electron chi connectivity index (χ1n) is 8.98. The molecule has 3 aromatic carbocycles. The molecule has 0 aliphatic carbocycles. The largest absolute Gasteiger partial charge is 0.338 e. The molecule has 0 fully saturated rings. The van der Waals surface area contributed by atoms with Gasteiger partial charge in [0.2, 0.25) is 0 Å². The maximum absolute atomic E-state index is 12.8. The first-order chi connectivity index (χ1) is 14.1. The van der Waals surface area contributed by atoms with Crippen LogP contribution in [-0.2, 0) is 6.42 Å². The summed E-state index contributed by atoms with van der Waals surface area (Å²) in [6.07, 6.45) is 2.06. The predicted octanol–water partition coefficient (Wildman–Crippen LogP) is 5.84. The molecule has 2 N–H and O–H groups in total. The highest BCUT2D eigenvalue weighted by molar-refractivity contribution is 6.39. The second kappa shape index (κ2) is 7.03. The SMILES string of the molecule is O=C(Cc1ccc2[nH]ncc2c1)c1ccc2nc(-c3c(Cl)cccc3Cl)[nH]c2c1. The highest BCUT2D eigenvalue weighted by atomic mass is 35.5. The van der Waals surface area contributed by atoms with E-state index in [1.807, 2.05) is 30.3 Å². The lowest BCUT2D eigenvalue weighted by molar-refractivity contribution is 0.0993. The highest BCUT2D eigenvalue weighted by Gasteiger charge is 2.15. The van der Waals surface area contributed by atoms with E-state index in [0.717, 1.165) is 27.5 Å². The molecule has 0 amide bonds. The number of fused-ring (bicyclic) bond motifs is 2. The van der Waals surface area contributed by atoms with Crippen LogP contribution in [0.3, 0.4) is 0 Å². The van der Waals surface area contributed by atoms with Crippen LogP contribution >= 0.6 is 23.2 Å². The van der Waals surface area contributed by atoms with Crippen molar-refractivity contribution in [1.29, 1.82) is 0 Å². The molecule has 0 unspecified atom stereocenters. The molecule has 5 aromatic rings. The minimum Gasteiger partial charge on any atom is -0.338 e. The maximum atomic E-state index is 12.8. The highest BCUT2D eigenvalue weighted by Crippen LogP contribution is 2.34. The molecule has 2 aromatic heterocycles. The quantitative estimate of drug-likeness (QED) is 0.358. The molecular weight excluding hydrogens is 407 g/mol. The molecule has 0 atom stereocenters. The Morgan fingerprint density at radius 2 is 1.79 bits per heavy atom. The van der Waals surface area contributed by atoms with Crippen LogP contribution < -0.4 is 0 Å². The van der Waals surface area contributed by atoms with Gasteiger partial charge < -0.3 is 4.98 Å². The standard InChI is InChI=1S/C22H14Cl2N4O/c23-15-2-1-3-16(24)21(15)22-26-18-7-5-13(10-19(18)27-22)20(29)9-12-4-6-17-14(8-12)11-25-28-17/h1-8,10-11H,9H2,(H,25,28)(H,26,27). The average molecular weight is 421 g/mol. The van der Waals surface area contributed by atoms with Crippen molar-refractivity contribution in [1.82, 2.24) is 20.2 Å². The Labute approximate surface area is 175 Å². The Hall–Kier alpha value is -3.15. The van der Waals surface area contributed by atoms with Crippen molar-refractivity contribution in [3.63, 3.8) is 0 Å². The lowest BCUT2D eigenvalue weighted by Crippen LogP contribution is -2.03. The molecule has 0 bridgehead atoms. The Morgan fingerprint density at radius 1 is 0.966 bits per heavy atom. The fourth-order valence-corrected chi connectivity index (χ4v) is 3.99. The van der Waals surface area contributed by atoms with Gasteiger partial charge in [-0.05, 0) is 48.0 Å². The van der Waals surface area contributed by atoms with Gasteiger partial charge in [0.1, 0.15) is 5.82 Å². The number of aromatic amines is 2. The van der Waals surface area contributed by atoms with Crippen molar-refractivity contribution < 1.29 is 4.79 Å². The van der Waals surface area contributed by atoms with Crippen LogP contribution in [0.5, 0.6) is 0 Å². The van der Waals surface area contributed by atoms with E-state index in [9.17, 15) is 4.79 Å². The summed E-state index contributed by atoms with van der Waals surface area (Å²) in [5.41, 5.74) is 4.65. The van der Waals surface area contributed by atoms with Gasteiger partial charge in [0.15, 0.2) is 5.78 Å². The summed E-state index contributed by atoms with van der Waals surface area (Å²) >= 11 is 12.6. The topological polar surface area (TPSA) is 74.4 Å². The van der Waals surface area contributed by atoms with Gasteiger partial charge in [0.25, 0.3) is 0 Å². The van der Waals surface area contributed by atoms with E-state index in [2.05, 4.69) is 20.2 Å². The monoisotopic (exact) mass is 420 g/mol. The van der Waals surface area contributed by atoms with Crippen LogP contribution in [0, 0.1) is 0 Å². The van der Waals surface area contributed by atoms with E-state index in [-0.39, 0.29) is 5.78 Å². The zero-order chi connectivity index (χ0) is 20.0. The van der Waals surface area contributed by atoms with Gasteiger partial charge in [0.05, 0.1) is 38.4 Å². The molecule has 7 heteroatoms. The van der Waals surface area contributed by atoms with Crippen LogP contribution in [0.1, 0.15) is 15.9 Å². The lowest BCUT2D eigenvalue weighted by atomic mass is 10.0. The third-order valence-electron chi connectivity index (χ3n) is 4.87. The summed E-state index contributed by atoms with van der Waals surface area (Å²) in [7, 11) is 0. The Morgan fingerprint density at radius 3 is 2.62 bits per heavy atom. The van der Waals surface area contributed by atoms with E-state index < -0.39 is 0 Å². The number of benzene rings is 3. The predicted molar refractivity (Wildman–Crippen MR) is 116 cm³/mol.